The second-order valence-corrected chi connectivity index (χ2v) is 10.2. The number of rotatable bonds is 16. The van der Waals surface area contributed by atoms with Gasteiger partial charge in [-0.3, -0.25) is 4.79 Å². The maximum absolute atomic E-state index is 12.1. The number of esters is 1. The van der Waals surface area contributed by atoms with Crippen molar-refractivity contribution in [3.63, 3.8) is 0 Å². The van der Waals surface area contributed by atoms with Crippen molar-refractivity contribution in [2.75, 3.05) is 13.2 Å². The van der Waals surface area contributed by atoms with Crippen LogP contribution in [-0.4, -0.2) is 82.2 Å². The Hall–Kier alpha value is -1.52. The summed E-state index contributed by atoms with van der Waals surface area (Å²) in [6.07, 6.45) is 4.61. The monoisotopic (exact) mass is 516 g/mol. The Balaban J connectivity index is 0.00000648. The van der Waals surface area contributed by atoms with Crippen LogP contribution in [0.5, 0.6) is 0 Å². The van der Waals surface area contributed by atoms with Crippen LogP contribution in [0.4, 0.5) is 0 Å². The lowest BCUT2D eigenvalue weighted by molar-refractivity contribution is -0.165. The molecule has 0 bridgehead atoms. The van der Waals surface area contributed by atoms with E-state index in [0.717, 1.165) is 32.1 Å². The Morgan fingerprint density at radius 3 is 2.31 bits per heavy atom. The first kappa shape index (κ1) is 32.5. The molecule has 0 amide bonds. The molecule has 0 aromatic carbocycles. The Bertz CT molecular complexity index is 693. The summed E-state index contributed by atoms with van der Waals surface area (Å²) in [5.41, 5.74) is 0.708. The predicted molar refractivity (Wildman–Crippen MR) is 135 cm³/mol. The second-order valence-electron chi connectivity index (χ2n) is 10.2. The van der Waals surface area contributed by atoms with Gasteiger partial charge in [-0.15, -0.1) is 0 Å². The van der Waals surface area contributed by atoms with Crippen molar-refractivity contribution < 1.29 is 44.2 Å². The minimum Gasteiger partial charge on any atom is -0.481 e. The summed E-state index contributed by atoms with van der Waals surface area (Å²) in [4.78, 5) is 22.5. The summed E-state index contributed by atoms with van der Waals surface area (Å²) >= 11 is 0. The number of hydrogen-bond donors (Lipinski definition) is 4. The maximum atomic E-state index is 12.1. The number of ether oxygens (including phenoxy) is 3. The van der Waals surface area contributed by atoms with Crippen molar-refractivity contribution >= 4 is 11.9 Å². The van der Waals surface area contributed by atoms with Crippen LogP contribution in [0.3, 0.4) is 0 Å². The molecule has 36 heavy (non-hydrogen) atoms. The molecule has 0 spiro atoms. The van der Waals surface area contributed by atoms with Gasteiger partial charge in [0.2, 0.25) is 0 Å². The third-order valence-corrected chi connectivity index (χ3v) is 7.09. The molecular formula is C27H48O9. The number of unbranched alkanes of at least 4 members (excludes halogenated alkanes) is 5. The first-order valence-electron chi connectivity index (χ1n) is 13.0. The molecule has 2 rings (SSSR count). The molecular weight excluding hydrogens is 468 g/mol. The molecule has 2 aliphatic rings. The van der Waals surface area contributed by atoms with Crippen molar-refractivity contribution in [1.82, 2.24) is 0 Å². The number of aliphatic hydroxyl groups excluding tert-OH is 3. The van der Waals surface area contributed by atoms with Gasteiger partial charge in [0.1, 0.15) is 6.10 Å². The normalized spacial score (nSPS) is 29.7. The average Bonchev–Trinajstić information content (AvgIpc) is 3.55. The molecule has 9 nitrogen and oxygen atoms in total. The van der Waals surface area contributed by atoms with E-state index in [1.54, 1.807) is 13.8 Å². The van der Waals surface area contributed by atoms with E-state index in [2.05, 4.69) is 0 Å². The van der Waals surface area contributed by atoms with Crippen LogP contribution in [0.2, 0.25) is 0 Å². The van der Waals surface area contributed by atoms with E-state index in [1.165, 1.54) is 6.08 Å². The molecule has 8 atom stereocenters. The maximum Gasteiger partial charge on any atom is 0.330 e. The first-order chi connectivity index (χ1) is 16.6. The van der Waals surface area contributed by atoms with Gasteiger partial charge in [0.15, 0.2) is 0 Å². The molecule has 0 saturated carbocycles. The van der Waals surface area contributed by atoms with Crippen LogP contribution in [0.1, 0.15) is 86.0 Å². The van der Waals surface area contributed by atoms with E-state index >= 15 is 0 Å². The lowest BCUT2D eigenvalue weighted by Crippen LogP contribution is -2.50. The summed E-state index contributed by atoms with van der Waals surface area (Å²) in [5, 5.41) is 39.5. The molecule has 0 aromatic heterocycles. The van der Waals surface area contributed by atoms with Crippen LogP contribution in [0, 0.1) is 11.8 Å². The summed E-state index contributed by atoms with van der Waals surface area (Å²) in [5.74, 6) is -1.42. The Morgan fingerprint density at radius 2 is 1.67 bits per heavy atom. The average molecular weight is 517 g/mol. The third kappa shape index (κ3) is 11.3. The van der Waals surface area contributed by atoms with Crippen molar-refractivity contribution in [1.29, 1.82) is 0 Å². The summed E-state index contributed by atoms with van der Waals surface area (Å²) < 4.78 is 16.7. The van der Waals surface area contributed by atoms with Gasteiger partial charge in [-0.05, 0) is 39.5 Å². The standard InChI is InChI=1S/C26H44O9.CH4/c1-16(13-23(30)33-11-9-7-5-4-6-8-10-22(28)29)12-20-25(32)24(31)19(15-34-20)14-21-26(35-21)17(2)18(3)27;/h13,17-21,24-27,31-32H,4-12,14-15H2,1-3H3,(H,28,29);1H4. The quantitative estimate of drug-likeness (QED) is 0.105. The van der Waals surface area contributed by atoms with Crippen molar-refractivity contribution in [3.05, 3.63) is 11.6 Å². The van der Waals surface area contributed by atoms with Crippen molar-refractivity contribution in [3.8, 4) is 0 Å². The summed E-state index contributed by atoms with van der Waals surface area (Å²) in [6, 6.07) is 0. The van der Waals surface area contributed by atoms with E-state index in [4.69, 9.17) is 19.3 Å². The number of carboxylic acids is 1. The van der Waals surface area contributed by atoms with Gasteiger partial charge < -0.3 is 34.6 Å². The number of carboxylic acid groups (broad SMARTS) is 1. The van der Waals surface area contributed by atoms with Gasteiger partial charge in [0, 0.05) is 24.3 Å². The van der Waals surface area contributed by atoms with Gasteiger partial charge in [-0.25, -0.2) is 4.79 Å². The molecule has 9 heteroatoms. The van der Waals surface area contributed by atoms with E-state index in [9.17, 15) is 24.9 Å². The topological polar surface area (TPSA) is 146 Å². The zero-order valence-corrected chi connectivity index (χ0v) is 21.3. The molecule has 0 aliphatic carbocycles. The number of aliphatic carboxylic acids is 1. The van der Waals surface area contributed by atoms with Gasteiger partial charge in [-0.2, -0.15) is 0 Å². The lowest BCUT2D eigenvalue weighted by atomic mass is 9.85. The van der Waals surface area contributed by atoms with E-state index in [1.807, 2.05) is 6.92 Å². The number of hydrogen-bond acceptors (Lipinski definition) is 8. The van der Waals surface area contributed by atoms with Crippen LogP contribution in [0.15, 0.2) is 11.6 Å². The van der Waals surface area contributed by atoms with Crippen LogP contribution >= 0.6 is 0 Å². The van der Waals surface area contributed by atoms with Crippen LogP contribution < -0.4 is 0 Å². The molecule has 2 aliphatic heterocycles. The van der Waals surface area contributed by atoms with Gasteiger partial charge >= 0.3 is 11.9 Å². The van der Waals surface area contributed by atoms with Crippen molar-refractivity contribution in [2.24, 2.45) is 11.8 Å². The fourth-order valence-electron chi connectivity index (χ4n) is 4.59. The first-order valence-corrected chi connectivity index (χ1v) is 13.0. The molecule has 8 unspecified atom stereocenters. The van der Waals surface area contributed by atoms with Gasteiger partial charge in [0.05, 0.1) is 43.7 Å². The van der Waals surface area contributed by atoms with Crippen molar-refractivity contribution in [2.45, 2.75) is 123 Å². The minimum absolute atomic E-state index is 0. The Labute approximate surface area is 215 Å². The minimum atomic E-state index is -1.06. The summed E-state index contributed by atoms with van der Waals surface area (Å²) in [6.45, 7) is 6.07. The van der Waals surface area contributed by atoms with Gasteiger partial charge in [-0.1, -0.05) is 45.6 Å². The Kier molecular flexibility index (Phi) is 14.8. The summed E-state index contributed by atoms with van der Waals surface area (Å²) in [7, 11) is 0. The highest BCUT2D eigenvalue weighted by Gasteiger charge is 2.48. The SMILES string of the molecule is C.CC(=CC(=O)OCCCCCCCCC(=O)O)CC1OCC(CC2OC2C(C)C(C)O)C(O)C1O. The number of aliphatic hydroxyl groups is 3. The van der Waals surface area contributed by atoms with Crippen LogP contribution in [-0.2, 0) is 23.8 Å². The smallest absolute Gasteiger partial charge is 0.330 e. The van der Waals surface area contributed by atoms with Gasteiger partial charge in [0.25, 0.3) is 0 Å². The largest absolute Gasteiger partial charge is 0.481 e. The van der Waals surface area contributed by atoms with E-state index in [-0.39, 0.29) is 37.9 Å². The highest BCUT2D eigenvalue weighted by molar-refractivity contribution is 5.82. The number of carbonyl (C=O) groups excluding carboxylic acids is 1. The lowest BCUT2D eigenvalue weighted by Gasteiger charge is -2.38. The molecule has 210 valence electrons. The fourth-order valence-corrected chi connectivity index (χ4v) is 4.59. The van der Waals surface area contributed by atoms with E-state index < -0.39 is 36.4 Å². The zero-order valence-electron chi connectivity index (χ0n) is 21.3. The van der Waals surface area contributed by atoms with Crippen LogP contribution in [0.25, 0.3) is 0 Å². The highest BCUT2D eigenvalue weighted by atomic mass is 16.6. The number of epoxide rings is 1. The fraction of sp³-hybridized carbons (Fsp3) is 0.852. The number of carbonyl (C=O) groups is 2. The predicted octanol–water partition coefficient (Wildman–Crippen LogP) is 3.23. The molecule has 0 radical (unpaired) electrons. The zero-order chi connectivity index (χ0) is 26.0. The Morgan fingerprint density at radius 1 is 1.03 bits per heavy atom. The van der Waals surface area contributed by atoms with E-state index in [0.29, 0.717) is 38.0 Å². The molecule has 2 fully saturated rings. The molecule has 4 N–H and O–H groups in total. The molecule has 2 heterocycles. The third-order valence-electron chi connectivity index (χ3n) is 7.09. The molecule has 2 saturated heterocycles. The second kappa shape index (κ2) is 16.3. The molecule has 0 aromatic rings. The highest BCUT2D eigenvalue weighted by Crippen LogP contribution is 2.38.